The summed E-state index contributed by atoms with van der Waals surface area (Å²) in [7, 11) is 4.23. The minimum absolute atomic E-state index is 0.632. The van der Waals surface area contributed by atoms with Gasteiger partial charge in [0, 0.05) is 44.1 Å². The van der Waals surface area contributed by atoms with Crippen LogP contribution in [0.3, 0.4) is 0 Å². The topological polar surface area (TPSA) is 18.5 Å². The van der Waals surface area contributed by atoms with Crippen molar-refractivity contribution in [3.05, 3.63) is 23.8 Å². The van der Waals surface area contributed by atoms with E-state index in [2.05, 4.69) is 54.3 Å². The third-order valence-corrected chi connectivity index (χ3v) is 4.90. The molecular weight excluding hydrogens is 246 g/mol. The summed E-state index contributed by atoms with van der Waals surface area (Å²) in [6.07, 6.45) is 5.44. The summed E-state index contributed by atoms with van der Waals surface area (Å²) in [5, 5.41) is 3.79. The molecule has 2 unspecified atom stereocenters. The first-order chi connectivity index (χ1) is 9.65. The molecule has 3 heteroatoms. The van der Waals surface area contributed by atoms with Crippen molar-refractivity contribution in [3.63, 3.8) is 0 Å². The number of fused-ring (bicyclic) bond motifs is 1. The summed E-state index contributed by atoms with van der Waals surface area (Å²) >= 11 is 0. The SMILES string of the molecule is Cc1ccc(NC2CCN3CCCCC23)cc1N(C)C. The fourth-order valence-electron chi connectivity index (χ4n) is 3.81. The number of nitrogens with zero attached hydrogens (tertiary/aromatic N) is 2. The lowest BCUT2D eigenvalue weighted by Crippen LogP contribution is -2.41. The smallest absolute Gasteiger partial charge is 0.0429 e. The average molecular weight is 273 g/mol. The van der Waals surface area contributed by atoms with Crippen LogP contribution in [0.25, 0.3) is 0 Å². The van der Waals surface area contributed by atoms with Crippen LogP contribution in [0.5, 0.6) is 0 Å². The maximum atomic E-state index is 3.79. The minimum atomic E-state index is 0.632. The molecule has 3 nitrogen and oxygen atoms in total. The van der Waals surface area contributed by atoms with Gasteiger partial charge in [0.25, 0.3) is 0 Å². The lowest BCUT2D eigenvalue weighted by molar-refractivity contribution is 0.193. The molecule has 2 fully saturated rings. The Hall–Kier alpha value is -1.22. The van der Waals surface area contributed by atoms with Crippen molar-refractivity contribution in [2.45, 2.75) is 44.7 Å². The van der Waals surface area contributed by atoms with E-state index in [1.165, 1.54) is 55.7 Å². The Morgan fingerprint density at radius 1 is 1.15 bits per heavy atom. The van der Waals surface area contributed by atoms with Gasteiger partial charge in [-0.15, -0.1) is 0 Å². The van der Waals surface area contributed by atoms with Crippen molar-refractivity contribution in [3.8, 4) is 0 Å². The van der Waals surface area contributed by atoms with E-state index in [0.717, 1.165) is 6.04 Å². The highest BCUT2D eigenvalue weighted by Gasteiger charge is 2.35. The summed E-state index contributed by atoms with van der Waals surface area (Å²) in [4.78, 5) is 4.88. The Morgan fingerprint density at radius 2 is 2.00 bits per heavy atom. The molecule has 2 heterocycles. The van der Waals surface area contributed by atoms with Gasteiger partial charge in [-0.2, -0.15) is 0 Å². The van der Waals surface area contributed by atoms with Crippen LogP contribution in [-0.4, -0.2) is 44.2 Å². The second-order valence-electron chi connectivity index (χ2n) is 6.53. The first-order valence-corrected chi connectivity index (χ1v) is 7.94. The second kappa shape index (κ2) is 5.65. The number of hydrogen-bond donors (Lipinski definition) is 1. The highest BCUT2D eigenvalue weighted by molar-refractivity contribution is 5.62. The largest absolute Gasteiger partial charge is 0.381 e. The third kappa shape index (κ3) is 2.64. The molecule has 0 saturated carbocycles. The first-order valence-electron chi connectivity index (χ1n) is 7.94. The van der Waals surface area contributed by atoms with E-state index in [4.69, 9.17) is 0 Å². The summed E-state index contributed by atoms with van der Waals surface area (Å²) in [6, 6.07) is 8.14. The predicted octanol–water partition coefficient (Wildman–Crippen LogP) is 3.10. The first kappa shape index (κ1) is 13.7. The molecule has 0 aliphatic carbocycles. The molecule has 1 aromatic rings. The third-order valence-electron chi connectivity index (χ3n) is 4.90. The molecule has 2 saturated heterocycles. The van der Waals surface area contributed by atoms with Crippen molar-refractivity contribution in [1.29, 1.82) is 0 Å². The zero-order valence-electron chi connectivity index (χ0n) is 13.0. The van der Waals surface area contributed by atoms with Gasteiger partial charge in [0.15, 0.2) is 0 Å². The highest BCUT2D eigenvalue weighted by atomic mass is 15.2. The number of rotatable bonds is 3. The van der Waals surface area contributed by atoms with E-state index < -0.39 is 0 Å². The normalized spacial score (nSPS) is 26.4. The molecule has 2 atom stereocenters. The van der Waals surface area contributed by atoms with Crippen LogP contribution in [-0.2, 0) is 0 Å². The fraction of sp³-hybridized carbons (Fsp3) is 0.647. The van der Waals surface area contributed by atoms with Gasteiger partial charge < -0.3 is 10.2 Å². The molecular formula is C17H27N3. The van der Waals surface area contributed by atoms with E-state index in [9.17, 15) is 0 Å². The number of hydrogen-bond acceptors (Lipinski definition) is 3. The van der Waals surface area contributed by atoms with Gasteiger partial charge >= 0.3 is 0 Å². The predicted molar refractivity (Wildman–Crippen MR) is 86.7 cm³/mol. The molecule has 3 rings (SSSR count). The maximum Gasteiger partial charge on any atom is 0.0429 e. The van der Waals surface area contributed by atoms with E-state index in [1.54, 1.807) is 0 Å². The van der Waals surface area contributed by atoms with E-state index in [1.807, 2.05) is 0 Å². The van der Waals surface area contributed by atoms with Crippen molar-refractivity contribution in [1.82, 2.24) is 4.90 Å². The Morgan fingerprint density at radius 3 is 2.80 bits per heavy atom. The average Bonchev–Trinajstić information content (AvgIpc) is 2.84. The fourth-order valence-corrected chi connectivity index (χ4v) is 3.81. The zero-order chi connectivity index (χ0) is 14.1. The summed E-state index contributed by atoms with van der Waals surface area (Å²) in [5.74, 6) is 0. The molecule has 0 aromatic heterocycles. The number of aryl methyl sites for hydroxylation is 1. The van der Waals surface area contributed by atoms with E-state index in [0.29, 0.717) is 6.04 Å². The van der Waals surface area contributed by atoms with Gasteiger partial charge in [-0.25, -0.2) is 0 Å². The quantitative estimate of drug-likeness (QED) is 0.913. The summed E-state index contributed by atoms with van der Waals surface area (Å²) < 4.78 is 0. The van der Waals surface area contributed by atoms with Crippen molar-refractivity contribution in [2.24, 2.45) is 0 Å². The van der Waals surface area contributed by atoms with Crippen LogP contribution >= 0.6 is 0 Å². The van der Waals surface area contributed by atoms with Crippen LogP contribution in [0, 0.1) is 6.92 Å². The van der Waals surface area contributed by atoms with Gasteiger partial charge in [-0.1, -0.05) is 12.5 Å². The van der Waals surface area contributed by atoms with Crippen molar-refractivity contribution < 1.29 is 0 Å². The molecule has 0 amide bonds. The van der Waals surface area contributed by atoms with Gasteiger partial charge in [0.1, 0.15) is 0 Å². The molecule has 1 aromatic carbocycles. The van der Waals surface area contributed by atoms with E-state index >= 15 is 0 Å². The lowest BCUT2D eigenvalue weighted by atomic mass is 9.98. The van der Waals surface area contributed by atoms with Crippen LogP contribution in [0.2, 0.25) is 0 Å². The second-order valence-corrected chi connectivity index (χ2v) is 6.53. The Balaban J connectivity index is 1.73. The standard InChI is InChI=1S/C17H27N3/c1-13-7-8-14(12-17(13)19(2)3)18-15-9-11-20-10-5-4-6-16(15)20/h7-8,12,15-16,18H,4-6,9-11H2,1-3H3. The molecule has 20 heavy (non-hydrogen) atoms. The molecule has 2 aliphatic rings. The Bertz CT molecular complexity index is 469. The minimum Gasteiger partial charge on any atom is -0.381 e. The molecule has 110 valence electrons. The maximum absolute atomic E-state index is 3.79. The van der Waals surface area contributed by atoms with Gasteiger partial charge in [0.2, 0.25) is 0 Å². The van der Waals surface area contributed by atoms with Crippen molar-refractivity contribution >= 4 is 11.4 Å². The summed E-state index contributed by atoms with van der Waals surface area (Å²) in [6.45, 7) is 4.76. The molecule has 0 bridgehead atoms. The number of anilines is 2. The molecule has 0 radical (unpaired) electrons. The Labute approximate surface area is 123 Å². The number of nitrogens with one attached hydrogen (secondary N) is 1. The molecule has 0 spiro atoms. The number of piperidine rings is 1. The summed E-state index contributed by atoms with van der Waals surface area (Å²) in [5.41, 5.74) is 3.93. The van der Waals surface area contributed by atoms with Crippen LogP contribution in [0.4, 0.5) is 11.4 Å². The number of benzene rings is 1. The molecule has 1 N–H and O–H groups in total. The Kier molecular flexibility index (Phi) is 3.88. The lowest BCUT2D eigenvalue weighted by Gasteiger charge is -2.33. The van der Waals surface area contributed by atoms with Crippen molar-refractivity contribution in [2.75, 3.05) is 37.4 Å². The highest BCUT2D eigenvalue weighted by Crippen LogP contribution is 2.30. The van der Waals surface area contributed by atoms with Crippen LogP contribution in [0.1, 0.15) is 31.2 Å². The monoisotopic (exact) mass is 273 g/mol. The van der Waals surface area contributed by atoms with Crippen LogP contribution in [0.15, 0.2) is 18.2 Å². The zero-order valence-corrected chi connectivity index (χ0v) is 13.0. The van der Waals surface area contributed by atoms with Crippen LogP contribution < -0.4 is 10.2 Å². The van der Waals surface area contributed by atoms with E-state index in [-0.39, 0.29) is 0 Å². The van der Waals surface area contributed by atoms with Gasteiger partial charge in [0.05, 0.1) is 0 Å². The molecule has 2 aliphatic heterocycles. The van der Waals surface area contributed by atoms with Gasteiger partial charge in [-0.3, -0.25) is 4.90 Å². The van der Waals surface area contributed by atoms with Gasteiger partial charge in [-0.05, 0) is 50.4 Å².